The first-order valence-electron chi connectivity index (χ1n) is 9.55. The highest BCUT2D eigenvalue weighted by molar-refractivity contribution is 5.93. The predicted octanol–water partition coefficient (Wildman–Crippen LogP) is 1.34. The lowest BCUT2D eigenvalue weighted by molar-refractivity contribution is 0.0535. The zero-order valence-electron chi connectivity index (χ0n) is 17.0. The maximum atomic E-state index is 11.7. The fraction of sp³-hybridized carbons (Fsp3) is 0.286. The van der Waals surface area contributed by atoms with Crippen LogP contribution in [0.4, 0.5) is 0 Å². The van der Waals surface area contributed by atoms with Gasteiger partial charge in [0.1, 0.15) is 24.0 Å². The average Bonchev–Trinajstić information content (AvgIpc) is 3.41. The number of aromatic nitrogens is 4. The first-order chi connectivity index (χ1) is 15.0. The van der Waals surface area contributed by atoms with Crippen molar-refractivity contribution >= 4 is 5.97 Å². The van der Waals surface area contributed by atoms with E-state index >= 15 is 0 Å². The van der Waals surface area contributed by atoms with Crippen LogP contribution in [-0.4, -0.2) is 44.7 Å². The van der Waals surface area contributed by atoms with Gasteiger partial charge in [0.2, 0.25) is 0 Å². The Morgan fingerprint density at radius 1 is 1.45 bits per heavy atom. The number of nitriles is 1. The normalized spacial score (nSPS) is 13.4. The Labute approximate surface area is 178 Å². The van der Waals surface area contributed by atoms with Crippen LogP contribution >= 0.6 is 0 Å². The Morgan fingerprint density at radius 3 is 3.06 bits per heavy atom. The van der Waals surface area contributed by atoms with Crippen LogP contribution in [-0.2, 0) is 17.9 Å². The van der Waals surface area contributed by atoms with Gasteiger partial charge in [-0.15, -0.1) is 5.10 Å². The molecule has 1 aromatic carbocycles. The number of nitrogens with one attached hydrogen (secondary N) is 1. The maximum Gasteiger partial charge on any atom is 0.338 e. The van der Waals surface area contributed by atoms with Gasteiger partial charge in [-0.05, 0) is 24.1 Å². The third-order valence-electron chi connectivity index (χ3n) is 5.18. The summed E-state index contributed by atoms with van der Waals surface area (Å²) in [5.74, 6) is 0.553. The number of aliphatic hydroxyl groups excluding tert-OH is 1. The van der Waals surface area contributed by atoms with Crippen molar-refractivity contribution in [3.8, 4) is 17.6 Å². The summed E-state index contributed by atoms with van der Waals surface area (Å²) in [4.78, 5) is 15.9. The Morgan fingerprint density at radius 2 is 2.29 bits per heavy atom. The molecule has 31 heavy (non-hydrogen) atoms. The van der Waals surface area contributed by atoms with Crippen molar-refractivity contribution in [3.05, 3.63) is 64.1 Å². The van der Waals surface area contributed by atoms with E-state index < -0.39 is 6.10 Å². The van der Waals surface area contributed by atoms with Crippen molar-refractivity contribution < 1.29 is 19.4 Å². The van der Waals surface area contributed by atoms with E-state index in [9.17, 15) is 9.90 Å². The molecule has 3 heterocycles. The second kappa shape index (κ2) is 8.51. The summed E-state index contributed by atoms with van der Waals surface area (Å²) >= 11 is 0. The lowest BCUT2D eigenvalue weighted by Crippen LogP contribution is -2.22. The van der Waals surface area contributed by atoms with Gasteiger partial charge in [-0.3, -0.25) is 0 Å². The standard InChI is InChI=1S/C21H20N6O4/c1-12-15(3-4-16-17(12)11-31-21(16)29)18(28)9-23-8-14-10-27(26-25-14)20-5-19(30-2)13(6-22)7-24-20/h3-5,7,10,18,23,28H,8-9,11H2,1-2H3/t18-/m0/s1. The van der Waals surface area contributed by atoms with Gasteiger partial charge in [0.25, 0.3) is 0 Å². The molecule has 158 valence electrons. The molecule has 0 saturated heterocycles. The molecule has 0 bridgehead atoms. The predicted molar refractivity (Wildman–Crippen MR) is 107 cm³/mol. The monoisotopic (exact) mass is 420 g/mol. The number of rotatable bonds is 7. The summed E-state index contributed by atoms with van der Waals surface area (Å²) in [6.45, 7) is 2.80. The zero-order valence-corrected chi connectivity index (χ0v) is 17.0. The number of carbonyl (C=O) groups is 1. The number of hydrogen-bond acceptors (Lipinski definition) is 9. The molecular formula is C21H20N6O4. The molecule has 10 nitrogen and oxygen atoms in total. The van der Waals surface area contributed by atoms with Crippen LogP contribution in [0.1, 0.15) is 44.4 Å². The number of carbonyl (C=O) groups excluding carboxylic acids is 1. The highest BCUT2D eigenvalue weighted by Gasteiger charge is 2.25. The minimum Gasteiger partial charge on any atom is -0.495 e. The second-order valence-corrected chi connectivity index (χ2v) is 7.04. The Kier molecular flexibility index (Phi) is 5.62. The van der Waals surface area contributed by atoms with Gasteiger partial charge in [-0.2, -0.15) is 5.26 Å². The maximum absolute atomic E-state index is 11.7. The number of fused-ring (bicyclic) bond motifs is 1. The number of ether oxygens (including phenoxy) is 2. The molecule has 2 aromatic heterocycles. The number of cyclic esters (lactones) is 1. The van der Waals surface area contributed by atoms with Crippen molar-refractivity contribution in [2.75, 3.05) is 13.7 Å². The molecule has 0 radical (unpaired) electrons. The molecule has 10 heteroatoms. The number of aliphatic hydroxyl groups is 1. The van der Waals surface area contributed by atoms with Gasteiger partial charge < -0.3 is 19.9 Å². The van der Waals surface area contributed by atoms with Gasteiger partial charge in [-0.1, -0.05) is 11.3 Å². The minimum absolute atomic E-state index is 0.241. The summed E-state index contributed by atoms with van der Waals surface area (Å²) < 4.78 is 11.7. The third kappa shape index (κ3) is 3.96. The Bertz CT molecular complexity index is 1180. The molecule has 0 unspecified atom stereocenters. The van der Waals surface area contributed by atoms with Crippen LogP contribution in [0.25, 0.3) is 5.82 Å². The van der Waals surface area contributed by atoms with Crippen LogP contribution in [0.3, 0.4) is 0 Å². The summed E-state index contributed by atoms with van der Waals surface area (Å²) in [5.41, 5.74) is 3.99. The topological polar surface area (TPSA) is 135 Å². The van der Waals surface area contributed by atoms with E-state index in [2.05, 4.69) is 20.6 Å². The molecule has 3 aromatic rings. The number of hydrogen-bond donors (Lipinski definition) is 2. The Balaban J connectivity index is 1.39. The van der Waals surface area contributed by atoms with Crippen molar-refractivity contribution in [1.29, 1.82) is 5.26 Å². The highest BCUT2D eigenvalue weighted by Crippen LogP contribution is 2.28. The summed E-state index contributed by atoms with van der Waals surface area (Å²) in [5, 5.41) is 31.0. The lowest BCUT2D eigenvalue weighted by Gasteiger charge is -2.16. The van der Waals surface area contributed by atoms with E-state index in [1.807, 2.05) is 13.0 Å². The van der Waals surface area contributed by atoms with Crippen LogP contribution in [0.2, 0.25) is 0 Å². The largest absolute Gasteiger partial charge is 0.495 e. The van der Waals surface area contributed by atoms with Gasteiger partial charge in [0.05, 0.1) is 36.9 Å². The summed E-state index contributed by atoms with van der Waals surface area (Å²) in [6, 6.07) is 7.07. The SMILES string of the molecule is COc1cc(-n2cc(CNC[C@H](O)c3ccc4c(c3C)COC4=O)nn2)ncc1C#N. The molecule has 0 aliphatic carbocycles. The number of esters is 1. The van der Waals surface area contributed by atoms with Crippen LogP contribution in [0.15, 0.2) is 30.6 Å². The second-order valence-electron chi connectivity index (χ2n) is 7.04. The number of methoxy groups -OCH3 is 1. The van der Waals surface area contributed by atoms with Crippen molar-refractivity contribution in [1.82, 2.24) is 25.3 Å². The van der Waals surface area contributed by atoms with Gasteiger partial charge >= 0.3 is 5.97 Å². The molecule has 0 amide bonds. The molecule has 1 atom stereocenters. The molecular weight excluding hydrogens is 400 g/mol. The quantitative estimate of drug-likeness (QED) is 0.543. The van der Waals surface area contributed by atoms with Gasteiger partial charge in [-0.25, -0.2) is 14.5 Å². The number of benzene rings is 1. The van der Waals surface area contributed by atoms with Crippen LogP contribution in [0.5, 0.6) is 5.75 Å². The van der Waals surface area contributed by atoms with E-state index in [0.717, 1.165) is 16.7 Å². The molecule has 1 aliphatic heterocycles. The molecule has 0 saturated carbocycles. The minimum atomic E-state index is -0.750. The molecule has 2 N–H and O–H groups in total. The first-order valence-corrected chi connectivity index (χ1v) is 9.55. The molecule has 1 aliphatic rings. The van der Waals surface area contributed by atoms with Crippen LogP contribution in [0, 0.1) is 18.3 Å². The summed E-state index contributed by atoms with van der Waals surface area (Å²) in [6.07, 6.45) is 2.37. The highest BCUT2D eigenvalue weighted by atomic mass is 16.5. The van der Waals surface area contributed by atoms with Crippen molar-refractivity contribution in [3.63, 3.8) is 0 Å². The van der Waals surface area contributed by atoms with Crippen molar-refractivity contribution in [2.24, 2.45) is 0 Å². The van der Waals surface area contributed by atoms with E-state index in [1.54, 1.807) is 24.4 Å². The van der Waals surface area contributed by atoms with E-state index in [1.165, 1.54) is 18.0 Å². The first kappa shape index (κ1) is 20.5. The molecule has 0 spiro atoms. The van der Waals surface area contributed by atoms with Crippen molar-refractivity contribution in [2.45, 2.75) is 26.2 Å². The lowest BCUT2D eigenvalue weighted by atomic mass is 9.95. The average molecular weight is 420 g/mol. The van der Waals surface area contributed by atoms with Gasteiger partial charge in [0.15, 0.2) is 5.82 Å². The zero-order chi connectivity index (χ0) is 22.0. The smallest absolute Gasteiger partial charge is 0.338 e. The van der Waals surface area contributed by atoms with E-state index in [-0.39, 0.29) is 12.6 Å². The van der Waals surface area contributed by atoms with E-state index in [0.29, 0.717) is 41.5 Å². The van der Waals surface area contributed by atoms with Gasteiger partial charge in [0, 0.05) is 24.7 Å². The third-order valence-corrected chi connectivity index (χ3v) is 5.18. The summed E-state index contributed by atoms with van der Waals surface area (Å²) in [7, 11) is 1.48. The van der Waals surface area contributed by atoms with E-state index in [4.69, 9.17) is 14.7 Å². The number of nitrogens with zero attached hydrogens (tertiary/aromatic N) is 5. The molecule has 0 fully saturated rings. The fourth-order valence-corrected chi connectivity index (χ4v) is 3.47. The Hall–Kier alpha value is -3.81. The molecule has 4 rings (SSSR count). The number of pyridine rings is 1. The fourth-order valence-electron chi connectivity index (χ4n) is 3.47. The van der Waals surface area contributed by atoms with Crippen LogP contribution < -0.4 is 10.1 Å².